The zero-order chi connectivity index (χ0) is 15.2. The van der Waals surface area contributed by atoms with Crippen LogP contribution in [0, 0.1) is 0 Å². The summed E-state index contributed by atoms with van der Waals surface area (Å²) in [5, 5.41) is 3.84. The Labute approximate surface area is 130 Å². The Balaban J connectivity index is 2.32. The Morgan fingerprint density at radius 2 is 2.10 bits per heavy atom. The van der Waals surface area contributed by atoms with Gasteiger partial charge in [-0.1, -0.05) is 17.7 Å². The molecule has 0 bridgehead atoms. The number of methoxy groups -OCH3 is 2. The molecule has 0 aliphatic rings. The van der Waals surface area contributed by atoms with Crippen LogP contribution in [0.15, 0.2) is 36.7 Å². The van der Waals surface area contributed by atoms with Crippen LogP contribution < -0.4 is 14.8 Å². The van der Waals surface area contributed by atoms with Crippen LogP contribution in [0.2, 0.25) is 5.02 Å². The van der Waals surface area contributed by atoms with Gasteiger partial charge in [-0.2, -0.15) is 0 Å². The van der Waals surface area contributed by atoms with Crippen molar-refractivity contribution in [3.63, 3.8) is 0 Å². The van der Waals surface area contributed by atoms with Gasteiger partial charge in [0.15, 0.2) is 11.5 Å². The number of nitrogens with one attached hydrogen (secondary N) is 1. The lowest BCUT2D eigenvalue weighted by molar-refractivity contribution is 0.354. The zero-order valence-electron chi connectivity index (χ0n) is 12.4. The van der Waals surface area contributed by atoms with Gasteiger partial charge in [0.25, 0.3) is 0 Å². The second-order valence-corrected chi connectivity index (χ2v) is 5.05. The van der Waals surface area contributed by atoms with Gasteiger partial charge < -0.3 is 14.8 Å². The molecule has 112 valence electrons. The smallest absolute Gasteiger partial charge is 0.179 e. The summed E-state index contributed by atoms with van der Waals surface area (Å²) in [6.45, 7) is 0. The van der Waals surface area contributed by atoms with E-state index < -0.39 is 0 Å². The topological polar surface area (TPSA) is 43.4 Å². The highest BCUT2D eigenvalue weighted by Crippen LogP contribution is 2.38. The second kappa shape index (κ2) is 7.29. The van der Waals surface area contributed by atoms with Crippen molar-refractivity contribution in [2.75, 3.05) is 21.3 Å². The Kier molecular flexibility index (Phi) is 5.42. The minimum Gasteiger partial charge on any atom is -0.493 e. The lowest BCUT2D eigenvalue weighted by Gasteiger charge is -2.19. The van der Waals surface area contributed by atoms with Crippen LogP contribution in [0.4, 0.5) is 0 Å². The molecule has 2 rings (SSSR count). The maximum Gasteiger partial charge on any atom is 0.179 e. The summed E-state index contributed by atoms with van der Waals surface area (Å²) in [7, 11) is 5.10. The van der Waals surface area contributed by atoms with Gasteiger partial charge in [0.1, 0.15) is 0 Å². The van der Waals surface area contributed by atoms with E-state index in [0.717, 1.165) is 17.5 Å². The number of aromatic nitrogens is 1. The molecule has 2 aromatic rings. The normalized spacial score (nSPS) is 12.0. The van der Waals surface area contributed by atoms with E-state index in [0.29, 0.717) is 16.5 Å². The van der Waals surface area contributed by atoms with E-state index in [1.807, 2.05) is 31.4 Å². The Bertz CT molecular complexity index is 590. The summed E-state index contributed by atoms with van der Waals surface area (Å²) in [6.07, 6.45) is 4.45. The van der Waals surface area contributed by atoms with Crippen LogP contribution in [0.3, 0.4) is 0 Å². The molecular weight excluding hydrogens is 288 g/mol. The Morgan fingerprint density at radius 3 is 2.67 bits per heavy atom. The maximum absolute atomic E-state index is 6.27. The van der Waals surface area contributed by atoms with Crippen molar-refractivity contribution in [2.45, 2.75) is 12.5 Å². The first-order valence-electron chi connectivity index (χ1n) is 6.67. The molecular formula is C16H19ClN2O2. The average Bonchev–Trinajstić information content (AvgIpc) is 2.52. The van der Waals surface area contributed by atoms with Gasteiger partial charge in [-0.05, 0) is 42.8 Å². The predicted molar refractivity (Wildman–Crippen MR) is 84.3 cm³/mol. The van der Waals surface area contributed by atoms with Crippen LogP contribution in [0.5, 0.6) is 11.5 Å². The van der Waals surface area contributed by atoms with E-state index in [2.05, 4.69) is 16.4 Å². The van der Waals surface area contributed by atoms with Gasteiger partial charge in [0.2, 0.25) is 0 Å². The van der Waals surface area contributed by atoms with E-state index >= 15 is 0 Å². The Morgan fingerprint density at radius 1 is 1.29 bits per heavy atom. The highest BCUT2D eigenvalue weighted by Gasteiger charge is 2.16. The molecule has 0 saturated heterocycles. The number of benzene rings is 1. The third kappa shape index (κ3) is 3.65. The van der Waals surface area contributed by atoms with Crippen molar-refractivity contribution in [3.05, 3.63) is 52.8 Å². The molecule has 0 aliphatic heterocycles. The molecule has 5 heteroatoms. The summed E-state index contributed by atoms with van der Waals surface area (Å²) < 4.78 is 10.6. The van der Waals surface area contributed by atoms with E-state index in [4.69, 9.17) is 21.1 Å². The van der Waals surface area contributed by atoms with Crippen molar-refractivity contribution in [1.29, 1.82) is 0 Å². The number of rotatable bonds is 6. The number of hydrogen-bond donors (Lipinski definition) is 1. The largest absolute Gasteiger partial charge is 0.493 e. The van der Waals surface area contributed by atoms with Crippen LogP contribution in [-0.2, 0) is 6.42 Å². The summed E-state index contributed by atoms with van der Waals surface area (Å²) in [5.41, 5.74) is 2.20. The Hall–Kier alpha value is -1.78. The zero-order valence-corrected chi connectivity index (χ0v) is 13.1. The minimum absolute atomic E-state index is 0.117. The minimum atomic E-state index is 0.117. The molecule has 1 aromatic carbocycles. The monoisotopic (exact) mass is 306 g/mol. The fourth-order valence-corrected chi connectivity index (χ4v) is 2.58. The predicted octanol–water partition coefficient (Wildman–Crippen LogP) is 3.26. The fourth-order valence-electron chi connectivity index (χ4n) is 2.28. The molecule has 0 radical (unpaired) electrons. The van der Waals surface area contributed by atoms with Gasteiger partial charge in [-0.15, -0.1) is 0 Å². The molecule has 0 spiro atoms. The molecule has 4 nitrogen and oxygen atoms in total. The number of halogens is 1. The summed E-state index contributed by atoms with van der Waals surface area (Å²) in [5.74, 6) is 1.19. The third-order valence-electron chi connectivity index (χ3n) is 3.37. The first-order valence-corrected chi connectivity index (χ1v) is 7.05. The van der Waals surface area contributed by atoms with Crippen molar-refractivity contribution in [1.82, 2.24) is 10.3 Å². The van der Waals surface area contributed by atoms with Crippen molar-refractivity contribution < 1.29 is 9.47 Å². The standard InChI is InChI=1S/C16H19ClN2O2/c1-18-14(7-11-5-4-6-19-10-11)12-8-13(17)16(21-3)15(9-12)20-2/h4-6,8-10,14,18H,7H2,1-3H3. The molecule has 1 heterocycles. The highest BCUT2D eigenvalue weighted by atomic mass is 35.5. The number of likely N-dealkylation sites (N-methyl/N-ethyl adjacent to an activating group) is 1. The van der Waals surface area contributed by atoms with Crippen molar-refractivity contribution in [3.8, 4) is 11.5 Å². The summed E-state index contributed by atoms with van der Waals surface area (Å²) >= 11 is 6.27. The van der Waals surface area contributed by atoms with E-state index in [9.17, 15) is 0 Å². The second-order valence-electron chi connectivity index (χ2n) is 4.64. The van der Waals surface area contributed by atoms with Crippen molar-refractivity contribution in [2.24, 2.45) is 0 Å². The SMILES string of the molecule is CNC(Cc1cccnc1)c1cc(Cl)c(OC)c(OC)c1. The average molecular weight is 307 g/mol. The molecule has 0 saturated carbocycles. The first-order chi connectivity index (χ1) is 10.2. The lowest BCUT2D eigenvalue weighted by atomic mass is 9.99. The number of nitrogens with zero attached hydrogens (tertiary/aromatic N) is 1. The quantitative estimate of drug-likeness (QED) is 0.889. The fraction of sp³-hybridized carbons (Fsp3) is 0.312. The van der Waals surface area contributed by atoms with Gasteiger partial charge in [-0.3, -0.25) is 4.98 Å². The van der Waals surface area contributed by atoms with Gasteiger partial charge in [0, 0.05) is 18.4 Å². The third-order valence-corrected chi connectivity index (χ3v) is 3.65. The van der Waals surface area contributed by atoms with E-state index in [-0.39, 0.29) is 6.04 Å². The van der Waals surface area contributed by atoms with Crippen LogP contribution in [-0.4, -0.2) is 26.3 Å². The van der Waals surface area contributed by atoms with Crippen LogP contribution in [0.1, 0.15) is 17.2 Å². The molecule has 0 aliphatic carbocycles. The van der Waals surface area contributed by atoms with Crippen LogP contribution >= 0.6 is 11.6 Å². The number of pyridine rings is 1. The van der Waals surface area contributed by atoms with E-state index in [1.165, 1.54) is 0 Å². The molecule has 1 unspecified atom stereocenters. The molecule has 0 fully saturated rings. The number of hydrogen-bond acceptors (Lipinski definition) is 4. The summed E-state index contributed by atoms with van der Waals surface area (Å²) in [6, 6.07) is 7.96. The molecule has 1 atom stereocenters. The first kappa shape index (κ1) is 15.6. The molecule has 0 amide bonds. The van der Waals surface area contributed by atoms with Gasteiger partial charge >= 0.3 is 0 Å². The van der Waals surface area contributed by atoms with Gasteiger partial charge in [0.05, 0.1) is 19.2 Å². The molecule has 1 aromatic heterocycles. The number of ether oxygens (including phenoxy) is 2. The van der Waals surface area contributed by atoms with Crippen molar-refractivity contribution >= 4 is 11.6 Å². The molecule has 1 N–H and O–H groups in total. The molecule has 21 heavy (non-hydrogen) atoms. The van der Waals surface area contributed by atoms with Gasteiger partial charge in [-0.25, -0.2) is 0 Å². The lowest BCUT2D eigenvalue weighted by Crippen LogP contribution is -2.19. The van der Waals surface area contributed by atoms with E-state index in [1.54, 1.807) is 20.4 Å². The maximum atomic E-state index is 6.27. The highest BCUT2D eigenvalue weighted by molar-refractivity contribution is 6.32. The van der Waals surface area contributed by atoms with Crippen LogP contribution in [0.25, 0.3) is 0 Å². The summed E-state index contributed by atoms with van der Waals surface area (Å²) in [4.78, 5) is 4.15.